The maximum atomic E-state index is 10.5. The predicted molar refractivity (Wildman–Crippen MR) is 36.5 cm³/mol. The number of aliphatic carboxylic acids is 1. The third kappa shape index (κ3) is 0.732. The Kier molecular flexibility index (Phi) is 1.50. The quantitative estimate of drug-likeness (QED) is 0.429. The molecule has 4 nitrogen and oxygen atoms in total. The van der Waals surface area contributed by atoms with Crippen LogP contribution in [-0.4, -0.2) is 29.7 Å². The second-order valence-corrected chi connectivity index (χ2v) is 2.36. The fourth-order valence-electron chi connectivity index (χ4n) is 0.939. The van der Waals surface area contributed by atoms with Crippen LogP contribution in [0.5, 0.6) is 0 Å². The van der Waals surface area contributed by atoms with Gasteiger partial charge in [-0.1, -0.05) is 12.2 Å². The van der Waals surface area contributed by atoms with Gasteiger partial charge in [0.1, 0.15) is 0 Å². The highest BCUT2D eigenvalue weighted by molar-refractivity contribution is 5.85. The van der Waals surface area contributed by atoms with Crippen molar-refractivity contribution in [3.8, 4) is 0 Å². The second kappa shape index (κ2) is 2.07. The fourth-order valence-corrected chi connectivity index (χ4v) is 0.939. The zero-order chi connectivity index (χ0) is 7.78. The molecular weight excluding hydrogens is 132 g/mol. The van der Waals surface area contributed by atoms with Crippen molar-refractivity contribution in [3.63, 3.8) is 0 Å². The number of carboxylic acids is 1. The Morgan fingerprint density at radius 1 is 1.90 bits per heavy atom. The van der Waals surface area contributed by atoms with Crippen molar-refractivity contribution in [2.24, 2.45) is 5.73 Å². The molecule has 2 unspecified atom stereocenters. The zero-order valence-electron chi connectivity index (χ0n) is 5.66. The summed E-state index contributed by atoms with van der Waals surface area (Å²) in [5.74, 6) is -0.991. The summed E-state index contributed by atoms with van der Waals surface area (Å²) in [4.78, 5) is 10.5. The fraction of sp³-hybridized carbons (Fsp3) is 0.500. The molecule has 4 heteroatoms. The molecule has 0 fully saturated rings. The van der Waals surface area contributed by atoms with Crippen LogP contribution in [0, 0.1) is 0 Å². The molecule has 0 aromatic rings. The zero-order valence-corrected chi connectivity index (χ0v) is 5.66. The molecule has 0 aliphatic heterocycles. The van der Waals surface area contributed by atoms with E-state index in [1.807, 2.05) is 0 Å². The van der Waals surface area contributed by atoms with E-state index in [4.69, 9.17) is 10.8 Å². The minimum Gasteiger partial charge on any atom is -0.480 e. The first-order chi connectivity index (χ1) is 4.61. The molecule has 0 aromatic carbocycles. The summed E-state index contributed by atoms with van der Waals surface area (Å²) < 4.78 is 0. The monoisotopic (exact) mass is 142 g/mol. The summed E-state index contributed by atoms with van der Waals surface area (Å²) in [6.07, 6.45) is 3.21. The minimum absolute atomic E-state index is 0.231. The molecule has 0 bridgehead atoms. The first-order valence-corrected chi connectivity index (χ1v) is 3.00. The van der Waals surface area contributed by atoms with Crippen LogP contribution in [0.3, 0.4) is 0 Å². The van der Waals surface area contributed by atoms with Crippen LogP contribution in [0.2, 0.25) is 0 Å². The lowest BCUT2D eigenvalue weighted by atomic mass is 9.81. The number of nitrogens with two attached hydrogens (primary N) is 1. The van der Waals surface area contributed by atoms with Gasteiger partial charge in [0, 0.05) is 0 Å². The highest BCUT2D eigenvalue weighted by Gasteiger charge is 2.43. The van der Waals surface area contributed by atoms with Crippen molar-refractivity contribution in [3.05, 3.63) is 12.2 Å². The van der Waals surface area contributed by atoms with Crippen molar-refractivity contribution in [1.29, 1.82) is 0 Å². The summed E-state index contributed by atoms with van der Waals surface area (Å²) in [6.45, 7) is 0. The molecule has 0 saturated heterocycles. The summed E-state index contributed by atoms with van der Waals surface area (Å²) in [7, 11) is 1.68. The van der Waals surface area contributed by atoms with Crippen LogP contribution < -0.4 is 11.1 Å². The number of hydrogen-bond donors (Lipinski definition) is 3. The number of rotatable bonds is 2. The molecule has 56 valence electrons. The Hall–Kier alpha value is -0.870. The van der Waals surface area contributed by atoms with Gasteiger partial charge in [-0.25, -0.2) is 4.79 Å². The van der Waals surface area contributed by atoms with Crippen LogP contribution in [0.15, 0.2) is 12.2 Å². The van der Waals surface area contributed by atoms with Crippen LogP contribution in [0.25, 0.3) is 0 Å². The average Bonchev–Trinajstić information content (AvgIpc) is 1.85. The SMILES string of the molecule is CNC1C=CC1(N)C(=O)O. The molecule has 4 N–H and O–H groups in total. The van der Waals surface area contributed by atoms with Gasteiger partial charge in [-0.2, -0.15) is 0 Å². The van der Waals surface area contributed by atoms with Gasteiger partial charge < -0.3 is 16.2 Å². The molecule has 0 saturated carbocycles. The topological polar surface area (TPSA) is 75.3 Å². The Morgan fingerprint density at radius 2 is 2.50 bits per heavy atom. The minimum atomic E-state index is -1.19. The molecule has 10 heavy (non-hydrogen) atoms. The first kappa shape index (κ1) is 7.24. The van der Waals surface area contributed by atoms with Gasteiger partial charge in [-0.3, -0.25) is 0 Å². The molecule has 1 aliphatic carbocycles. The number of carbonyl (C=O) groups is 1. The first-order valence-electron chi connectivity index (χ1n) is 3.00. The number of hydrogen-bond acceptors (Lipinski definition) is 3. The van der Waals surface area contributed by atoms with Crippen LogP contribution in [0.1, 0.15) is 0 Å². The molecule has 2 atom stereocenters. The van der Waals surface area contributed by atoms with Crippen LogP contribution in [-0.2, 0) is 4.79 Å². The number of carboxylic acid groups (broad SMARTS) is 1. The normalized spacial score (nSPS) is 37.2. The lowest BCUT2D eigenvalue weighted by Gasteiger charge is -2.35. The van der Waals surface area contributed by atoms with Gasteiger partial charge in [0.05, 0.1) is 6.04 Å². The van der Waals surface area contributed by atoms with Gasteiger partial charge in [-0.15, -0.1) is 0 Å². The average molecular weight is 142 g/mol. The summed E-state index contributed by atoms with van der Waals surface area (Å²) in [5.41, 5.74) is 4.27. The van der Waals surface area contributed by atoms with E-state index < -0.39 is 11.5 Å². The second-order valence-electron chi connectivity index (χ2n) is 2.36. The largest absolute Gasteiger partial charge is 0.480 e. The van der Waals surface area contributed by atoms with Crippen molar-refractivity contribution in [2.45, 2.75) is 11.6 Å². The Bertz CT molecular complexity index is 190. The summed E-state index contributed by atoms with van der Waals surface area (Å²) >= 11 is 0. The third-order valence-corrected chi connectivity index (χ3v) is 1.76. The van der Waals surface area contributed by atoms with Crippen molar-refractivity contribution >= 4 is 5.97 Å². The van der Waals surface area contributed by atoms with E-state index >= 15 is 0 Å². The molecular formula is C6H10N2O2. The lowest BCUT2D eigenvalue weighted by molar-refractivity contribution is -0.142. The van der Waals surface area contributed by atoms with Gasteiger partial charge >= 0.3 is 5.97 Å². The van der Waals surface area contributed by atoms with Gasteiger partial charge in [0.15, 0.2) is 5.54 Å². The smallest absolute Gasteiger partial charge is 0.329 e. The molecule has 1 rings (SSSR count). The third-order valence-electron chi connectivity index (χ3n) is 1.76. The predicted octanol–water partition coefficient (Wildman–Crippen LogP) is -1.07. The molecule has 0 heterocycles. The molecule has 0 amide bonds. The molecule has 1 aliphatic rings. The number of nitrogens with one attached hydrogen (secondary N) is 1. The summed E-state index contributed by atoms with van der Waals surface area (Å²) in [5, 5.41) is 11.4. The molecule has 0 spiro atoms. The Morgan fingerprint density at radius 3 is 2.60 bits per heavy atom. The molecule has 0 aromatic heterocycles. The standard InChI is InChI=1S/C6H10N2O2/c1-8-4-2-3-6(4,7)5(9)10/h2-4,8H,7H2,1H3,(H,9,10). The van der Waals surface area contributed by atoms with E-state index in [0.29, 0.717) is 0 Å². The maximum Gasteiger partial charge on any atom is 0.329 e. The van der Waals surface area contributed by atoms with Crippen molar-refractivity contribution in [1.82, 2.24) is 5.32 Å². The highest BCUT2D eigenvalue weighted by atomic mass is 16.4. The van der Waals surface area contributed by atoms with E-state index in [2.05, 4.69) is 5.32 Å². The van der Waals surface area contributed by atoms with Crippen molar-refractivity contribution < 1.29 is 9.90 Å². The maximum absolute atomic E-state index is 10.5. The van der Waals surface area contributed by atoms with E-state index in [1.165, 1.54) is 6.08 Å². The van der Waals surface area contributed by atoms with Gasteiger partial charge in [0.25, 0.3) is 0 Å². The van der Waals surface area contributed by atoms with E-state index in [9.17, 15) is 4.79 Å². The van der Waals surface area contributed by atoms with Gasteiger partial charge in [0.2, 0.25) is 0 Å². The van der Waals surface area contributed by atoms with Crippen molar-refractivity contribution in [2.75, 3.05) is 7.05 Å². The van der Waals surface area contributed by atoms with E-state index in [-0.39, 0.29) is 6.04 Å². The molecule has 0 radical (unpaired) electrons. The van der Waals surface area contributed by atoms with E-state index in [1.54, 1.807) is 13.1 Å². The number of likely N-dealkylation sites (N-methyl/N-ethyl adjacent to an activating group) is 1. The van der Waals surface area contributed by atoms with Gasteiger partial charge in [-0.05, 0) is 7.05 Å². The summed E-state index contributed by atoms with van der Waals surface area (Å²) in [6, 6.07) is -0.231. The lowest BCUT2D eigenvalue weighted by Crippen LogP contribution is -2.64. The van der Waals surface area contributed by atoms with Crippen LogP contribution in [0.4, 0.5) is 0 Å². The Labute approximate surface area is 58.7 Å². The van der Waals surface area contributed by atoms with Crippen LogP contribution >= 0.6 is 0 Å². The Balaban J connectivity index is 2.73. The van der Waals surface area contributed by atoms with E-state index in [0.717, 1.165) is 0 Å². The highest BCUT2D eigenvalue weighted by Crippen LogP contribution is 2.20.